The zero-order chi connectivity index (χ0) is 20.5. The highest BCUT2D eigenvalue weighted by Crippen LogP contribution is 2.29. The van der Waals surface area contributed by atoms with Crippen molar-refractivity contribution in [3.05, 3.63) is 57.5 Å². The molecule has 0 bridgehead atoms. The van der Waals surface area contributed by atoms with E-state index >= 15 is 0 Å². The first-order valence-electron chi connectivity index (χ1n) is 7.56. The molecule has 0 unspecified atom stereocenters. The van der Waals surface area contributed by atoms with Crippen LogP contribution in [0.2, 0.25) is 0 Å². The average molecular weight is 540 g/mol. The third-order valence-electron chi connectivity index (χ3n) is 3.88. The van der Waals surface area contributed by atoms with E-state index in [1.54, 1.807) is 0 Å². The van der Waals surface area contributed by atoms with Gasteiger partial charge in [-0.05, 0) is 55.5 Å². The van der Waals surface area contributed by atoms with Crippen molar-refractivity contribution in [2.45, 2.75) is 16.7 Å². The van der Waals surface area contributed by atoms with Crippen LogP contribution in [0.25, 0.3) is 0 Å². The quantitative estimate of drug-likeness (QED) is 0.576. The molecule has 0 saturated carbocycles. The van der Waals surface area contributed by atoms with E-state index in [9.17, 15) is 26.7 Å². The summed E-state index contributed by atoms with van der Waals surface area (Å²) in [6.45, 7) is 1.13. The second-order valence-corrected chi connectivity index (χ2v) is 12.1. The largest absolute Gasteiger partial charge is 0.481 e. The van der Waals surface area contributed by atoms with Gasteiger partial charge in [0.2, 0.25) is 0 Å². The van der Waals surface area contributed by atoms with Crippen molar-refractivity contribution in [2.75, 3.05) is 11.5 Å². The fourth-order valence-corrected chi connectivity index (χ4v) is 6.68. The molecule has 146 valence electrons. The van der Waals surface area contributed by atoms with Gasteiger partial charge in [-0.25, -0.2) is 16.8 Å². The van der Waals surface area contributed by atoms with Crippen molar-refractivity contribution >= 4 is 57.5 Å². The Morgan fingerprint density at radius 1 is 0.815 bits per heavy atom. The summed E-state index contributed by atoms with van der Waals surface area (Å²) in [6.07, 6.45) is 0. The Kier molecular flexibility index (Phi) is 6.55. The number of sulfone groups is 2. The maximum Gasteiger partial charge on any atom is 0.311 e. The summed E-state index contributed by atoms with van der Waals surface area (Å²) in [5, 5.41) is 9.60. The van der Waals surface area contributed by atoms with Gasteiger partial charge in [0.15, 0.2) is 19.7 Å². The summed E-state index contributed by atoms with van der Waals surface area (Å²) in [5.41, 5.74) is -2.02. The fraction of sp³-hybridized carbons (Fsp3) is 0.235. The van der Waals surface area contributed by atoms with E-state index in [4.69, 9.17) is 0 Å². The standard InChI is InChI=1S/C17H16Br2O6S2/c1-17(16(20)21,10-26(22,23)14-6-2-12(18)3-7-14)11-27(24,25)15-8-4-13(19)5-9-15/h2-9H,10-11H2,1H3,(H,20,21). The summed E-state index contributed by atoms with van der Waals surface area (Å²) in [5.74, 6) is -3.18. The van der Waals surface area contributed by atoms with Crippen molar-refractivity contribution < 1.29 is 26.7 Å². The highest BCUT2D eigenvalue weighted by molar-refractivity contribution is 9.10. The zero-order valence-electron chi connectivity index (χ0n) is 14.1. The zero-order valence-corrected chi connectivity index (χ0v) is 18.9. The number of carboxylic acid groups (broad SMARTS) is 1. The van der Waals surface area contributed by atoms with E-state index in [0.29, 0.717) is 8.95 Å². The molecule has 0 fully saturated rings. The first kappa shape index (κ1) is 22.1. The van der Waals surface area contributed by atoms with Crippen LogP contribution < -0.4 is 0 Å². The smallest absolute Gasteiger partial charge is 0.311 e. The molecule has 0 heterocycles. The lowest BCUT2D eigenvalue weighted by Crippen LogP contribution is -2.41. The highest BCUT2D eigenvalue weighted by atomic mass is 79.9. The minimum atomic E-state index is -4.01. The molecular weight excluding hydrogens is 524 g/mol. The van der Waals surface area contributed by atoms with Gasteiger partial charge in [0, 0.05) is 8.95 Å². The Hall–Kier alpha value is -1.23. The van der Waals surface area contributed by atoms with Gasteiger partial charge in [-0.3, -0.25) is 4.79 Å². The van der Waals surface area contributed by atoms with E-state index in [1.807, 2.05) is 0 Å². The van der Waals surface area contributed by atoms with Gasteiger partial charge >= 0.3 is 5.97 Å². The van der Waals surface area contributed by atoms with Crippen LogP contribution in [0, 0.1) is 5.41 Å². The molecule has 0 aliphatic heterocycles. The summed E-state index contributed by atoms with van der Waals surface area (Å²) in [6, 6.07) is 11.4. The van der Waals surface area contributed by atoms with Crippen molar-refractivity contribution in [2.24, 2.45) is 5.41 Å². The average Bonchev–Trinajstić information content (AvgIpc) is 2.54. The molecule has 10 heteroatoms. The van der Waals surface area contributed by atoms with Crippen molar-refractivity contribution in [3.63, 3.8) is 0 Å². The maximum absolute atomic E-state index is 12.7. The van der Waals surface area contributed by atoms with Gasteiger partial charge in [0.1, 0.15) is 0 Å². The lowest BCUT2D eigenvalue weighted by molar-refractivity contribution is -0.145. The summed E-state index contributed by atoms with van der Waals surface area (Å²) >= 11 is 6.39. The second kappa shape index (κ2) is 8.02. The molecule has 2 aromatic carbocycles. The van der Waals surface area contributed by atoms with Crippen LogP contribution in [0.1, 0.15) is 6.92 Å². The molecule has 0 aromatic heterocycles. The van der Waals surface area contributed by atoms with Gasteiger partial charge < -0.3 is 5.11 Å². The van der Waals surface area contributed by atoms with E-state index in [0.717, 1.165) is 6.92 Å². The maximum atomic E-state index is 12.7. The topological polar surface area (TPSA) is 106 Å². The molecule has 0 amide bonds. The minimum Gasteiger partial charge on any atom is -0.481 e. The summed E-state index contributed by atoms with van der Waals surface area (Å²) in [4.78, 5) is 11.7. The van der Waals surface area contributed by atoms with Gasteiger partial charge in [0.25, 0.3) is 0 Å². The molecule has 0 aliphatic carbocycles. The molecule has 6 nitrogen and oxygen atoms in total. The van der Waals surface area contributed by atoms with Crippen LogP contribution in [0.15, 0.2) is 67.3 Å². The van der Waals surface area contributed by atoms with Gasteiger partial charge in [-0.1, -0.05) is 31.9 Å². The number of aliphatic carboxylic acids is 1. The van der Waals surface area contributed by atoms with Gasteiger partial charge in [0.05, 0.1) is 26.7 Å². The number of carboxylic acids is 1. The van der Waals surface area contributed by atoms with E-state index in [-0.39, 0.29) is 9.79 Å². The molecule has 0 saturated heterocycles. The van der Waals surface area contributed by atoms with E-state index < -0.39 is 42.6 Å². The summed E-state index contributed by atoms with van der Waals surface area (Å²) < 4.78 is 51.9. The number of rotatable bonds is 7. The molecule has 0 spiro atoms. The Bertz CT molecular complexity index is 966. The number of halogens is 2. The lowest BCUT2D eigenvalue weighted by atomic mass is 9.97. The first-order valence-corrected chi connectivity index (χ1v) is 12.4. The molecule has 0 aliphatic rings. The van der Waals surface area contributed by atoms with E-state index in [1.165, 1.54) is 48.5 Å². The third-order valence-corrected chi connectivity index (χ3v) is 8.95. The molecule has 27 heavy (non-hydrogen) atoms. The van der Waals surface area contributed by atoms with Crippen LogP contribution in [-0.2, 0) is 24.5 Å². The summed E-state index contributed by atoms with van der Waals surface area (Å²) in [7, 11) is -8.03. The molecular formula is C17H16Br2O6S2. The molecule has 2 rings (SSSR count). The van der Waals surface area contributed by atoms with Gasteiger partial charge in [-0.15, -0.1) is 0 Å². The van der Waals surface area contributed by atoms with Crippen molar-refractivity contribution in [3.8, 4) is 0 Å². The Balaban J connectivity index is 2.38. The number of benzene rings is 2. The molecule has 0 radical (unpaired) electrons. The van der Waals surface area contributed by atoms with Crippen LogP contribution in [-0.4, -0.2) is 39.4 Å². The number of hydrogen-bond acceptors (Lipinski definition) is 5. The van der Waals surface area contributed by atoms with E-state index in [2.05, 4.69) is 31.9 Å². The predicted octanol–water partition coefficient (Wildman–Crippen LogP) is 3.55. The Morgan fingerprint density at radius 3 is 1.37 bits per heavy atom. The molecule has 2 aromatic rings. The van der Waals surface area contributed by atoms with Gasteiger partial charge in [-0.2, -0.15) is 0 Å². The molecule has 0 atom stereocenters. The van der Waals surface area contributed by atoms with Crippen LogP contribution in [0.4, 0.5) is 0 Å². The second-order valence-electron chi connectivity index (χ2n) is 6.29. The highest BCUT2D eigenvalue weighted by Gasteiger charge is 2.43. The fourth-order valence-electron chi connectivity index (χ4n) is 2.45. The number of hydrogen-bond donors (Lipinski definition) is 1. The first-order chi connectivity index (χ1) is 12.4. The molecule has 1 N–H and O–H groups in total. The monoisotopic (exact) mass is 538 g/mol. The normalized spacial score (nSPS) is 12.7. The van der Waals surface area contributed by atoms with Crippen molar-refractivity contribution in [1.82, 2.24) is 0 Å². The SMILES string of the molecule is CC(CS(=O)(=O)c1ccc(Br)cc1)(CS(=O)(=O)c1ccc(Br)cc1)C(=O)O. The third kappa shape index (κ3) is 5.40. The predicted molar refractivity (Wildman–Crippen MR) is 108 cm³/mol. The lowest BCUT2D eigenvalue weighted by Gasteiger charge is -2.24. The minimum absolute atomic E-state index is 0.0702. The Morgan fingerprint density at radius 2 is 1.11 bits per heavy atom. The Labute approximate surface area is 174 Å². The van der Waals surface area contributed by atoms with Crippen LogP contribution in [0.3, 0.4) is 0 Å². The van der Waals surface area contributed by atoms with Crippen molar-refractivity contribution in [1.29, 1.82) is 0 Å². The van der Waals surface area contributed by atoms with Crippen LogP contribution in [0.5, 0.6) is 0 Å². The van der Waals surface area contributed by atoms with Crippen LogP contribution >= 0.6 is 31.9 Å². The number of carbonyl (C=O) groups is 1.